The van der Waals surface area contributed by atoms with Crippen molar-refractivity contribution in [2.45, 2.75) is 65.1 Å². The molecule has 16 heteroatoms. The van der Waals surface area contributed by atoms with Crippen LogP contribution in [0, 0.1) is 0 Å². The highest BCUT2D eigenvalue weighted by Gasteiger charge is 2.52. The molecule has 1 aromatic carbocycles. The van der Waals surface area contributed by atoms with E-state index in [0.717, 1.165) is 20.8 Å². The molecular formula is C30H31NO14S. The number of carbonyl (C=O) groups excluding carboxylic acids is 5. The fourth-order valence-corrected chi connectivity index (χ4v) is 5.35. The third kappa shape index (κ3) is 8.06. The SMILES string of the molecule is CCOC(=O)c1oc2cc(OC[C@@H]3O[C@@H](COC(C)=O)[C@@H](OC(C)=O)[C@@H](OC(C)=O)[C@H]3OC(C)=O)ccc2c(=O)c1-c1cscn1. The predicted octanol–water partition coefficient (Wildman–Crippen LogP) is 2.60. The number of nitrogens with zero attached hydrogens (tertiary/aromatic N) is 1. The standard InChI is InChI=1S/C30H31NO14S/c1-6-38-30(37)28-24(20-12-46-13-31-20)25(36)19-8-7-18(9-21(19)45-28)40-11-23-27(42-16(4)34)29(43-17(5)35)26(41-15(3)33)22(44-23)10-39-14(2)32/h7-9,12-13,22-23,26-27,29H,6,10-11H2,1-5H3/t22-,23-,26+,27-,29+/m0/s1. The molecule has 1 saturated heterocycles. The van der Waals surface area contributed by atoms with Crippen LogP contribution >= 0.6 is 11.3 Å². The molecule has 3 aromatic rings. The van der Waals surface area contributed by atoms with E-state index in [4.69, 9.17) is 37.6 Å². The molecule has 1 aliphatic heterocycles. The van der Waals surface area contributed by atoms with Crippen molar-refractivity contribution in [3.63, 3.8) is 0 Å². The van der Waals surface area contributed by atoms with Crippen molar-refractivity contribution >= 4 is 52.2 Å². The van der Waals surface area contributed by atoms with Crippen LogP contribution in [0.15, 0.2) is 38.3 Å². The lowest BCUT2D eigenvalue weighted by molar-refractivity contribution is -0.255. The quantitative estimate of drug-likeness (QED) is 0.215. The van der Waals surface area contributed by atoms with Gasteiger partial charge in [0.1, 0.15) is 36.8 Å². The van der Waals surface area contributed by atoms with Crippen LogP contribution in [0.4, 0.5) is 0 Å². The summed E-state index contributed by atoms with van der Waals surface area (Å²) in [5.74, 6) is -3.97. The smallest absolute Gasteiger partial charge is 0.375 e. The van der Waals surface area contributed by atoms with Gasteiger partial charge in [0.25, 0.3) is 0 Å². The first-order valence-corrected chi connectivity index (χ1v) is 14.9. The van der Waals surface area contributed by atoms with E-state index in [9.17, 15) is 28.8 Å². The van der Waals surface area contributed by atoms with E-state index in [1.807, 2.05) is 0 Å². The summed E-state index contributed by atoms with van der Waals surface area (Å²) in [7, 11) is 0. The molecule has 0 spiro atoms. The van der Waals surface area contributed by atoms with Gasteiger partial charge in [0.05, 0.1) is 28.8 Å². The summed E-state index contributed by atoms with van der Waals surface area (Å²) in [6, 6.07) is 4.28. The van der Waals surface area contributed by atoms with Crippen LogP contribution < -0.4 is 10.2 Å². The second-order valence-corrected chi connectivity index (χ2v) is 10.7. The van der Waals surface area contributed by atoms with E-state index < -0.39 is 72.4 Å². The molecule has 0 radical (unpaired) electrons. The number of aromatic nitrogens is 1. The van der Waals surface area contributed by atoms with Gasteiger partial charge in [0, 0.05) is 39.1 Å². The third-order valence-corrected chi connectivity index (χ3v) is 7.10. The zero-order chi connectivity index (χ0) is 33.5. The first-order chi connectivity index (χ1) is 21.9. The lowest BCUT2D eigenvalue weighted by atomic mass is 9.94. The van der Waals surface area contributed by atoms with Crippen molar-refractivity contribution < 1.29 is 61.5 Å². The molecule has 0 amide bonds. The first-order valence-electron chi connectivity index (χ1n) is 14.0. The molecule has 4 rings (SSSR count). The van der Waals surface area contributed by atoms with Gasteiger partial charge in [-0.1, -0.05) is 0 Å². The summed E-state index contributed by atoms with van der Waals surface area (Å²) in [4.78, 5) is 78.1. The summed E-state index contributed by atoms with van der Waals surface area (Å²) in [6.07, 6.45) is -6.30. The number of benzene rings is 1. The summed E-state index contributed by atoms with van der Waals surface area (Å²) in [5, 5.41) is 1.74. The molecule has 1 fully saturated rings. The molecule has 1 aliphatic rings. The molecule has 0 saturated carbocycles. The van der Waals surface area contributed by atoms with Gasteiger partial charge in [0.2, 0.25) is 11.2 Å². The van der Waals surface area contributed by atoms with E-state index in [1.165, 1.54) is 42.0 Å². The van der Waals surface area contributed by atoms with Crippen molar-refractivity contribution in [1.82, 2.24) is 4.98 Å². The minimum absolute atomic E-state index is 0.00563. The van der Waals surface area contributed by atoms with E-state index in [1.54, 1.807) is 12.3 Å². The number of rotatable bonds is 11. The van der Waals surface area contributed by atoms with Crippen LogP contribution in [-0.2, 0) is 47.6 Å². The maximum atomic E-state index is 13.5. The molecule has 0 bridgehead atoms. The second-order valence-electron chi connectivity index (χ2n) is 9.94. The van der Waals surface area contributed by atoms with Crippen molar-refractivity contribution in [2.75, 3.05) is 19.8 Å². The second kappa shape index (κ2) is 15.0. The molecule has 246 valence electrons. The Labute approximate surface area is 265 Å². The van der Waals surface area contributed by atoms with Gasteiger partial charge in [-0.05, 0) is 19.1 Å². The Morgan fingerprint density at radius 3 is 2.04 bits per heavy atom. The van der Waals surface area contributed by atoms with Gasteiger partial charge < -0.3 is 37.6 Å². The summed E-state index contributed by atoms with van der Waals surface area (Å²) in [5.41, 5.74) is 1.22. The molecule has 0 unspecified atom stereocenters. The Bertz CT molecular complexity index is 1670. The molecule has 46 heavy (non-hydrogen) atoms. The molecule has 5 atom stereocenters. The Morgan fingerprint density at radius 1 is 0.848 bits per heavy atom. The fourth-order valence-electron chi connectivity index (χ4n) is 4.80. The summed E-state index contributed by atoms with van der Waals surface area (Å²) < 4.78 is 44.3. The number of fused-ring (bicyclic) bond motifs is 1. The maximum Gasteiger partial charge on any atom is 0.375 e. The Kier molecular flexibility index (Phi) is 11.1. The number of hydrogen-bond acceptors (Lipinski definition) is 16. The van der Waals surface area contributed by atoms with Gasteiger partial charge in [-0.3, -0.25) is 24.0 Å². The zero-order valence-electron chi connectivity index (χ0n) is 25.5. The molecule has 0 aliphatic carbocycles. The van der Waals surface area contributed by atoms with Gasteiger partial charge in [-0.15, -0.1) is 11.3 Å². The highest BCUT2D eigenvalue weighted by Crippen LogP contribution is 2.31. The van der Waals surface area contributed by atoms with Gasteiger partial charge >= 0.3 is 29.8 Å². The number of esters is 5. The Morgan fingerprint density at radius 2 is 1.48 bits per heavy atom. The average molecular weight is 662 g/mol. The van der Waals surface area contributed by atoms with Crippen molar-refractivity contribution in [2.24, 2.45) is 0 Å². The van der Waals surface area contributed by atoms with E-state index in [-0.39, 0.29) is 47.0 Å². The minimum Gasteiger partial charge on any atom is -0.491 e. The number of carbonyl (C=O) groups is 5. The van der Waals surface area contributed by atoms with Gasteiger partial charge in [-0.25, -0.2) is 9.78 Å². The van der Waals surface area contributed by atoms with E-state index in [2.05, 4.69) is 4.98 Å². The monoisotopic (exact) mass is 661 g/mol. The highest BCUT2D eigenvalue weighted by atomic mass is 32.1. The van der Waals surface area contributed by atoms with Crippen LogP contribution in [0.1, 0.15) is 45.2 Å². The number of hydrogen-bond donors (Lipinski definition) is 0. The lowest BCUT2D eigenvalue weighted by Gasteiger charge is -2.44. The topological polar surface area (TPSA) is 193 Å². The number of ether oxygens (including phenoxy) is 7. The van der Waals surface area contributed by atoms with Crippen LogP contribution in [0.2, 0.25) is 0 Å². The zero-order valence-corrected chi connectivity index (χ0v) is 26.3. The molecule has 15 nitrogen and oxygen atoms in total. The van der Waals surface area contributed by atoms with Gasteiger partial charge in [0.15, 0.2) is 18.3 Å². The third-order valence-electron chi connectivity index (χ3n) is 6.51. The molecule has 2 aromatic heterocycles. The van der Waals surface area contributed by atoms with Crippen molar-refractivity contribution in [1.29, 1.82) is 0 Å². The van der Waals surface area contributed by atoms with Crippen molar-refractivity contribution in [3.05, 3.63) is 45.1 Å². The molecule has 0 N–H and O–H groups in total. The Balaban J connectivity index is 1.69. The van der Waals surface area contributed by atoms with Gasteiger partial charge in [-0.2, -0.15) is 0 Å². The van der Waals surface area contributed by atoms with Crippen LogP contribution in [0.3, 0.4) is 0 Å². The summed E-state index contributed by atoms with van der Waals surface area (Å²) >= 11 is 1.24. The maximum absolute atomic E-state index is 13.5. The first kappa shape index (κ1) is 34.1. The van der Waals surface area contributed by atoms with E-state index in [0.29, 0.717) is 0 Å². The van der Waals surface area contributed by atoms with Crippen molar-refractivity contribution in [3.8, 4) is 17.0 Å². The summed E-state index contributed by atoms with van der Waals surface area (Å²) in [6.45, 7) is 5.45. The van der Waals surface area contributed by atoms with Crippen LogP contribution in [-0.4, -0.2) is 85.2 Å². The molecular weight excluding hydrogens is 630 g/mol. The lowest BCUT2D eigenvalue weighted by Crippen LogP contribution is -2.63. The van der Waals surface area contributed by atoms with Crippen LogP contribution in [0.25, 0.3) is 22.2 Å². The fraction of sp³-hybridized carbons (Fsp3) is 0.433. The predicted molar refractivity (Wildman–Crippen MR) is 157 cm³/mol. The number of thiazole rings is 1. The highest BCUT2D eigenvalue weighted by molar-refractivity contribution is 7.07. The molecule has 3 heterocycles. The van der Waals surface area contributed by atoms with E-state index >= 15 is 0 Å². The largest absolute Gasteiger partial charge is 0.491 e. The van der Waals surface area contributed by atoms with Crippen LogP contribution in [0.5, 0.6) is 5.75 Å². The average Bonchev–Trinajstić information content (AvgIpc) is 3.51. The minimum atomic E-state index is -1.36. The Hall–Kier alpha value is -4.83. The normalized spacial score (nSPS) is 20.8.